The van der Waals surface area contributed by atoms with Gasteiger partial charge in [0.2, 0.25) is 8.24 Å². The molecule has 0 aromatic heterocycles. The van der Waals surface area contributed by atoms with E-state index in [-0.39, 0.29) is 0 Å². The number of hydrogen-bond donors (Lipinski definition) is 0. The van der Waals surface area contributed by atoms with Gasteiger partial charge in [0.05, 0.1) is 0 Å². The zero-order valence-electron chi connectivity index (χ0n) is 15.7. The van der Waals surface area contributed by atoms with Gasteiger partial charge in [0, 0.05) is 13.1 Å². The molecular weight excluding hydrogens is 313 g/mol. The van der Waals surface area contributed by atoms with Gasteiger partial charge in [-0.2, -0.15) is 4.00 Å². The highest BCUT2D eigenvalue weighted by molar-refractivity contribution is 7.49. The van der Waals surface area contributed by atoms with E-state index < -0.39 is 32.7 Å². The third kappa shape index (κ3) is 6.62. The fourth-order valence-corrected chi connectivity index (χ4v) is 20.2. The second-order valence-electron chi connectivity index (χ2n) is 8.33. The molecule has 120 valence electrons. The van der Waals surface area contributed by atoms with Crippen LogP contribution in [0, 0.1) is 0 Å². The Kier molecular flexibility index (Phi) is 7.53. The highest BCUT2D eigenvalue weighted by Crippen LogP contribution is 2.45. The van der Waals surface area contributed by atoms with Crippen LogP contribution in [-0.4, -0.2) is 46.5 Å². The first-order valence-corrected chi connectivity index (χ1v) is 19.4. The van der Waals surface area contributed by atoms with Crippen molar-refractivity contribution >= 4 is 32.7 Å². The van der Waals surface area contributed by atoms with Crippen LogP contribution in [0.2, 0.25) is 58.9 Å². The van der Waals surface area contributed by atoms with Crippen molar-refractivity contribution in [2.45, 2.75) is 72.8 Å². The average Bonchev–Trinajstić information content (AvgIpc) is 2.11. The third-order valence-electron chi connectivity index (χ3n) is 2.82. The first kappa shape index (κ1) is 20.7. The van der Waals surface area contributed by atoms with E-state index >= 15 is 0 Å². The van der Waals surface area contributed by atoms with Crippen molar-refractivity contribution in [2.75, 3.05) is 13.1 Å². The Hall–Kier alpha value is 0.671. The maximum Gasteiger partial charge on any atom is 0.372 e. The summed E-state index contributed by atoms with van der Waals surface area (Å²) in [6.07, 6.45) is 0. The molecular formula is C13H37N3PSi3+. The molecule has 0 aliphatic carbocycles. The van der Waals surface area contributed by atoms with Crippen LogP contribution in [0.15, 0.2) is 4.41 Å². The van der Waals surface area contributed by atoms with Crippen molar-refractivity contribution < 1.29 is 0 Å². The molecule has 0 saturated carbocycles. The first-order chi connectivity index (χ1) is 8.74. The molecule has 0 aliphatic rings. The molecule has 0 bridgehead atoms. The predicted octanol–water partition coefficient (Wildman–Crippen LogP) is 5.63. The van der Waals surface area contributed by atoms with E-state index in [9.17, 15) is 0 Å². The van der Waals surface area contributed by atoms with Gasteiger partial charge in [-0.05, 0) is 33.5 Å². The molecule has 0 fully saturated rings. The molecule has 1 unspecified atom stereocenters. The Bertz CT molecular complexity index is 322. The maximum absolute atomic E-state index is 5.41. The molecule has 0 radical (unpaired) electrons. The molecule has 1 atom stereocenters. The molecule has 0 N–H and O–H groups in total. The molecule has 0 amide bonds. The molecule has 7 heteroatoms. The topological polar surface area (TPSA) is 18.8 Å². The van der Waals surface area contributed by atoms with E-state index in [0.717, 1.165) is 13.1 Å². The second-order valence-corrected chi connectivity index (χ2v) is 25.8. The zero-order valence-corrected chi connectivity index (χ0v) is 19.6. The summed E-state index contributed by atoms with van der Waals surface area (Å²) in [6.45, 7) is 28.9. The standard InChI is InChI=1S/C13H37N3PSi3/c1-12-15(13-2)17(14-18(3,4)5)16(19(6,7)8)20(9,10)11/h12-13H2,1-11H3/q+1. The van der Waals surface area contributed by atoms with Crippen molar-refractivity contribution in [3.05, 3.63) is 0 Å². The van der Waals surface area contributed by atoms with Crippen molar-refractivity contribution in [3.8, 4) is 0 Å². The van der Waals surface area contributed by atoms with E-state index in [1.165, 1.54) is 0 Å². The molecule has 0 aromatic rings. The summed E-state index contributed by atoms with van der Waals surface area (Å²) in [5.41, 5.74) is 0. The highest BCUT2D eigenvalue weighted by atomic mass is 31.1. The van der Waals surface area contributed by atoms with E-state index in [2.05, 4.69) is 81.4 Å². The van der Waals surface area contributed by atoms with Gasteiger partial charge < -0.3 is 0 Å². The molecule has 0 spiro atoms. The summed E-state index contributed by atoms with van der Waals surface area (Å²) >= 11 is 0. The molecule has 0 aromatic carbocycles. The minimum absolute atomic E-state index is 0.475. The van der Waals surface area contributed by atoms with Crippen LogP contribution >= 0.6 is 8.01 Å². The van der Waals surface area contributed by atoms with Crippen LogP contribution in [0.3, 0.4) is 0 Å². The summed E-state index contributed by atoms with van der Waals surface area (Å²) in [5.74, 6) is 0. The summed E-state index contributed by atoms with van der Waals surface area (Å²) in [5, 5.41) is 0. The Morgan fingerprint density at radius 3 is 1.30 bits per heavy atom. The molecule has 0 heterocycles. The van der Waals surface area contributed by atoms with E-state index in [0.29, 0.717) is 0 Å². The lowest BCUT2D eigenvalue weighted by molar-refractivity contribution is 0.498. The van der Waals surface area contributed by atoms with Gasteiger partial charge in [-0.25, -0.2) is 0 Å². The molecule has 3 nitrogen and oxygen atoms in total. The van der Waals surface area contributed by atoms with Crippen LogP contribution < -0.4 is 0 Å². The monoisotopic (exact) mass is 350 g/mol. The highest BCUT2D eigenvalue weighted by Gasteiger charge is 2.49. The third-order valence-corrected chi connectivity index (χ3v) is 18.6. The van der Waals surface area contributed by atoms with Gasteiger partial charge in [-0.15, -0.1) is 4.41 Å². The van der Waals surface area contributed by atoms with Gasteiger partial charge in [0.25, 0.3) is 0 Å². The SMILES string of the molecule is CCN(CC)[P+](=N[Si](C)(C)C)N([Si](C)(C)C)[Si](C)(C)C. The lowest BCUT2D eigenvalue weighted by Gasteiger charge is -2.37. The summed E-state index contributed by atoms with van der Waals surface area (Å²) in [7, 11) is -4.64. The van der Waals surface area contributed by atoms with Crippen LogP contribution in [0.4, 0.5) is 0 Å². The number of nitrogens with zero attached hydrogens (tertiary/aromatic N) is 3. The smallest absolute Gasteiger partial charge is 0.153 e. The largest absolute Gasteiger partial charge is 0.372 e. The van der Waals surface area contributed by atoms with Gasteiger partial charge in [0.1, 0.15) is 0 Å². The van der Waals surface area contributed by atoms with Crippen LogP contribution in [-0.2, 0) is 0 Å². The summed E-state index contributed by atoms with van der Waals surface area (Å²) in [6, 6.07) is 0. The normalized spacial score (nSPS) is 15.3. The Balaban J connectivity index is 6.00. The average molecular weight is 351 g/mol. The molecule has 0 saturated heterocycles. The molecule has 20 heavy (non-hydrogen) atoms. The molecule has 0 aliphatic heterocycles. The predicted molar refractivity (Wildman–Crippen MR) is 104 cm³/mol. The summed E-state index contributed by atoms with van der Waals surface area (Å²) < 4.78 is 10.9. The number of rotatable bonds is 7. The van der Waals surface area contributed by atoms with Gasteiger partial charge in [0.15, 0.2) is 16.5 Å². The van der Waals surface area contributed by atoms with E-state index in [4.69, 9.17) is 4.41 Å². The Morgan fingerprint density at radius 1 is 0.750 bits per heavy atom. The zero-order chi connectivity index (χ0) is 16.4. The fourth-order valence-electron chi connectivity index (χ4n) is 2.52. The Morgan fingerprint density at radius 2 is 1.10 bits per heavy atom. The maximum atomic E-state index is 5.41. The van der Waals surface area contributed by atoms with Crippen LogP contribution in [0.1, 0.15) is 13.8 Å². The van der Waals surface area contributed by atoms with Gasteiger partial charge in [-0.1, -0.05) is 44.0 Å². The van der Waals surface area contributed by atoms with E-state index in [1.54, 1.807) is 0 Å². The van der Waals surface area contributed by atoms with Crippen LogP contribution in [0.5, 0.6) is 0 Å². The first-order valence-electron chi connectivity index (χ1n) is 7.82. The van der Waals surface area contributed by atoms with Gasteiger partial charge in [-0.3, -0.25) is 0 Å². The lowest BCUT2D eigenvalue weighted by atomic mass is 10.7. The quantitative estimate of drug-likeness (QED) is 0.437. The minimum Gasteiger partial charge on any atom is -0.153 e. The molecule has 0 rings (SSSR count). The van der Waals surface area contributed by atoms with Crippen LogP contribution in [0.25, 0.3) is 0 Å². The summed E-state index contributed by atoms with van der Waals surface area (Å²) in [4.78, 5) is 0. The number of hydrogen-bond acceptors (Lipinski definition) is 1. The van der Waals surface area contributed by atoms with Crippen molar-refractivity contribution in [1.82, 2.24) is 8.67 Å². The second kappa shape index (κ2) is 7.29. The van der Waals surface area contributed by atoms with Crippen molar-refractivity contribution in [2.24, 2.45) is 4.41 Å². The minimum atomic E-state index is -1.42. The lowest BCUT2D eigenvalue weighted by Crippen LogP contribution is -2.56. The van der Waals surface area contributed by atoms with Gasteiger partial charge >= 0.3 is 8.01 Å². The van der Waals surface area contributed by atoms with Crippen molar-refractivity contribution in [1.29, 1.82) is 0 Å². The van der Waals surface area contributed by atoms with Crippen molar-refractivity contribution in [3.63, 3.8) is 0 Å². The Labute approximate surface area is 132 Å². The van der Waals surface area contributed by atoms with E-state index in [1.807, 2.05) is 0 Å². The fraction of sp³-hybridized carbons (Fsp3) is 1.00.